The van der Waals surface area contributed by atoms with Crippen molar-refractivity contribution in [2.45, 2.75) is 6.18 Å². The molecule has 0 saturated heterocycles. The number of aliphatic imine (C=N–C) groups is 1. The maximum atomic E-state index is 12.8. The number of nitrogens with zero attached hydrogens (tertiary/aromatic N) is 2. The Kier molecular flexibility index (Phi) is 6.06. The number of amidine groups is 1. The maximum absolute atomic E-state index is 12.8. The molecule has 8 heteroatoms. The molecule has 0 aliphatic carbocycles. The Balaban J connectivity index is 1.49. The number of hydrogen-bond acceptors (Lipinski definition) is 5. The highest BCUT2D eigenvalue weighted by atomic mass is 19.4. The number of rotatable bonds is 5. The molecular formula is C23H20F3N3O2. The Morgan fingerprint density at radius 2 is 1.81 bits per heavy atom. The van der Waals surface area contributed by atoms with Gasteiger partial charge in [-0.15, -0.1) is 0 Å². The summed E-state index contributed by atoms with van der Waals surface area (Å²) in [5, 5.41) is 3.26. The van der Waals surface area contributed by atoms with Crippen LogP contribution in [0.4, 0.5) is 13.2 Å². The molecule has 2 heterocycles. The van der Waals surface area contributed by atoms with E-state index in [-0.39, 0.29) is 0 Å². The zero-order valence-electron chi connectivity index (χ0n) is 16.5. The van der Waals surface area contributed by atoms with Crippen LogP contribution in [0.5, 0.6) is 11.6 Å². The number of fused-ring (bicyclic) bond motifs is 1. The number of alkyl halides is 3. The molecule has 1 aliphatic heterocycles. The predicted octanol–water partition coefficient (Wildman–Crippen LogP) is 4.58. The van der Waals surface area contributed by atoms with Crippen LogP contribution in [0.2, 0.25) is 0 Å². The molecule has 0 bridgehead atoms. The van der Waals surface area contributed by atoms with Crippen LogP contribution in [-0.2, 0) is 6.18 Å². The van der Waals surface area contributed by atoms with Gasteiger partial charge in [-0.2, -0.15) is 13.2 Å². The average molecular weight is 427 g/mol. The Morgan fingerprint density at radius 1 is 1.00 bits per heavy atom. The summed E-state index contributed by atoms with van der Waals surface area (Å²) in [7, 11) is 0. The van der Waals surface area contributed by atoms with Crippen LogP contribution in [0.25, 0.3) is 11.1 Å². The van der Waals surface area contributed by atoms with Crippen LogP contribution >= 0.6 is 0 Å². The van der Waals surface area contributed by atoms with Crippen LogP contribution in [0.3, 0.4) is 0 Å². The first kappa shape index (κ1) is 20.7. The Labute approximate surface area is 177 Å². The van der Waals surface area contributed by atoms with Crippen LogP contribution in [0.15, 0.2) is 71.9 Å². The van der Waals surface area contributed by atoms with E-state index in [2.05, 4.69) is 15.3 Å². The summed E-state index contributed by atoms with van der Waals surface area (Å²) in [5.74, 6) is 1.87. The third-order valence-electron chi connectivity index (χ3n) is 4.68. The number of nitrogens with one attached hydrogen (secondary N) is 1. The number of aromatic nitrogens is 1. The van der Waals surface area contributed by atoms with E-state index < -0.39 is 11.7 Å². The van der Waals surface area contributed by atoms with Crippen molar-refractivity contribution in [2.75, 3.05) is 26.3 Å². The minimum absolute atomic E-state index is 0.394. The van der Waals surface area contributed by atoms with E-state index in [1.54, 1.807) is 12.3 Å². The van der Waals surface area contributed by atoms with Crippen LogP contribution in [0.1, 0.15) is 11.1 Å². The number of ether oxygens (including phenoxy) is 2. The third-order valence-corrected chi connectivity index (χ3v) is 4.68. The lowest BCUT2D eigenvalue weighted by Gasteiger charge is -2.14. The standard InChI is InChI=1S/C23H20F3N3O2/c24-23(25,26)18-7-4-16(5-8-18)17-6-9-20-19(15-17)22(28-11-13-30-20)29-12-14-31-21-3-1-2-10-27-21/h1-10,15H,11-14H2,(H,28,29). The van der Waals surface area contributed by atoms with Crippen LogP contribution in [-0.4, -0.2) is 37.1 Å². The molecule has 5 nitrogen and oxygen atoms in total. The van der Waals surface area contributed by atoms with Gasteiger partial charge in [-0.25, -0.2) is 4.98 Å². The molecule has 0 saturated carbocycles. The molecule has 160 valence electrons. The van der Waals surface area contributed by atoms with Crippen LogP contribution < -0.4 is 14.8 Å². The fourth-order valence-electron chi connectivity index (χ4n) is 3.18. The van der Waals surface area contributed by atoms with E-state index in [0.717, 1.165) is 23.3 Å². The van der Waals surface area contributed by atoms with E-state index in [4.69, 9.17) is 9.47 Å². The zero-order chi connectivity index (χ0) is 21.7. The van der Waals surface area contributed by atoms with Crippen molar-refractivity contribution in [1.82, 2.24) is 10.3 Å². The SMILES string of the molecule is FC(F)(F)c1ccc(-c2ccc3c(c2)C(NCCOc2ccccn2)=NCCO3)cc1. The monoisotopic (exact) mass is 427 g/mol. The highest BCUT2D eigenvalue weighted by Crippen LogP contribution is 2.32. The van der Waals surface area contributed by atoms with Crippen molar-refractivity contribution in [3.63, 3.8) is 0 Å². The first-order valence-corrected chi connectivity index (χ1v) is 9.78. The molecule has 0 unspecified atom stereocenters. The van der Waals surface area contributed by atoms with Crippen molar-refractivity contribution in [2.24, 2.45) is 4.99 Å². The quantitative estimate of drug-likeness (QED) is 0.606. The maximum Gasteiger partial charge on any atom is 0.416 e. The van der Waals surface area contributed by atoms with Gasteiger partial charge in [-0.1, -0.05) is 24.3 Å². The average Bonchev–Trinajstić information content (AvgIpc) is 2.98. The minimum Gasteiger partial charge on any atom is -0.491 e. The second-order valence-corrected chi connectivity index (χ2v) is 6.81. The lowest BCUT2D eigenvalue weighted by molar-refractivity contribution is -0.137. The van der Waals surface area contributed by atoms with Gasteiger partial charge in [0, 0.05) is 12.3 Å². The first-order chi connectivity index (χ1) is 15.0. The largest absolute Gasteiger partial charge is 0.491 e. The topological polar surface area (TPSA) is 55.7 Å². The number of hydrogen-bond donors (Lipinski definition) is 1. The van der Waals surface area contributed by atoms with Gasteiger partial charge in [0.1, 0.15) is 24.8 Å². The Bertz CT molecular complexity index is 1050. The second-order valence-electron chi connectivity index (χ2n) is 6.81. The molecule has 1 N–H and O–H groups in total. The Hall–Kier alpha value is -3.55. The molecule has 0 atom stereocenters. The summed E-state index contributed by atoms with van der Waals surface area (Å²) in [6.07, 6.45) is -2.70. The number of pyridine rings is 1. The number of halogens is 3. The first-order valence-electron chi connectivity index (χ1n) is 9.78. The third kappa shape index (κ3) is 5.14. The van der Waals surface area contributed by atoms with Crippen LogP contribution in [0, 0.1) is 0 Å². The smallest absolute Gasteiger partial charge is 0.416 e. The molecule has 3 aromatic rings. The molecule has 0 fully saturated rings. The van der Waals surface area contributed by atoms with E-state index in [1.165, 1.54) is 12.1 Å². The van der Waals surface area contributed by atoms with Gasteiger partial charge in [0.05, 0.1) is 24.2 Å². The molecule has 1 aliphatic rings. The molecule has 31 heavy (non-hydrogen) atoms. The summed E-state index contributed by atoms with van der Waals surface area (Å²) in [6.45, 7) is 1.83. The normalized spacial score (nSPS) is 13.5. The predicted molar refractivity (Wildman–Crippen MR) is 112 cm³/mol. The molecule has 1 aromatic heterocycles. The van der Waals surface area contributed by atoms with E-state index in [0.29, 0.717) is 49.3 Å². The van der Waals surface area contributed by atoms with Crippen molar-refractivity contribution in [1.29, 1.82) is 0 Å². The van der Waals surface area contributed by atoms with Crippen molar-refractivity contribution in [3.05, 3.63) is 78.0 Å². The van der Waals surface area contributed by atoms with E-state index >= 15 is 0 Å². The van der Waals surface area contributed by atoms with E-state index in [1.807, 2.05) is 30.3 Å². The molecule has 0 spiro atoms. The summed E-state index contributed by atoms with van der Waals surface area (Å²) in [5.41, 5.74) is 1.54. The molecular weight excluding hydrogens is 407 g/mol. The molecule has 2 aromatic carbocycles. The summed E-state index contributed by atoms with van der Waals surface area (Å²) in [6, 6.07) is 16.1. The molecule has 0 radical (unpaired) electrons. The lowest BCUT2D eigenvalue weighted by Crippen LogP contribution is -2.29. The van der Waals surface area contributed by atoms with Gasteiger partial charge in [0.15, 0.2) is 0 Å². The van der Waals surface area contributed by atoms with Gasteiger partial charge >= 0.3 is 6.18 Å². The fourth-order valence-corrected chi connectivity index (χ4v) is 3.18. The molecule has 0 amide bonds. The summed E-state index contributed by atoms with van der Waals surface area (Å²) in [4.78, 5) is 8.66. The van der Waals surface area contributed by atoms with Gasteiger partial charge < -0.3 is 14.8 Å². The van der Waals surface area contributed by atoms with Gasteiger partial charge in [-0.05, 0) is 41.5 Å². The van der Waals surface area contributed by atoms with Crippen molar-refractivity contribution < 1.29 is 22.6 Å². The number of benzene rings is 2. The summed E-state index contributed by atoms with van der Waals surface area (Å²) >= 11 is 0. The second kappa shape index (κ2) is 9.07. The molecule has 4 rings (SSSR count). The van der Waals surface area contributed by atoms with E-state index in [9.17, 15) is 13.2 Å². The van der Waals surface area contributed by atoms with Gasteiger partial charge in [0.2, 0.25) is 5.88 Å². The zero-order valence-corrected chi connectivity index (χ0v) is 16.5. The fraction of sp³-hybridized carbons (Fsp3) is 0.217. The lowest BCUT2D eigenvalue weighted by atomic mass is 10.0. The van der Waals surface area contributed by atoms with Gasteiger partial charge in [0.25, 0.3) is 0 Å². The highest BCUT2D eigenvalue weighted by Gasteiger charge is 2.30. The highest BCUT2D eigenvalue weighted by molar-refractivity contribution is 6.02. The minimum atomic E-state index is -4.36. The Morgan fingerprint density at radius 3 is 2.55 bits per heavy atom. The summed E-state index contributed by atoms with van der Waals surface area (Å²) < 4.78 is 49.9. The van der Waals surface area contributed by atoms with Gasteiger partial charge in [-0.3, -0.25) is 4.99 Å². The van der Waals surface area contributed by atoms with Crippen molar-refractivity contribution >= 4 is 5.84 Å². The van der Waals surface area contributed by atoms with Crippen molar-refractivity contribution in [3.8, 4) is 22.8 Å².